The Balaban J connectivity index is 1.72. The molecule has 1 fully saturated rings. The van der Waals surface area contributed by atoms with Crippen LogP contribution in [0.15, 0.2) is 24.3 Å². The summed E-state index contributed by atoms with van der Waals surface area (Å²) in [4.78, 5) is 13.2. The van der Waals surface area contributed by atoms with E-state index in [1.54, 1.807) is 0 Å². The second-order valence-electron chi connectivity index (χ2n) is 6.84. The van der Waals surface area contributed by atoms with Crippen molar-refractivity contribution in [3.63, 3.8) is 0 Å². The molecule has 4 nitrogen and oxygen atoms in total. The van der Waals surface area contributed by atoms with Crippen molar-refractivity contribution in [2.75, 3.05) is 25.4 Å². The molecule has 3 rings (SSSR count). The van der Waals surface area contributed by atoms with E-state index >= 15 is 0 Å². The van der Waals surface area contributed by atoms with Crippen molar-refractivity contribution in [1.29, 1.82) is 0 Å². The second kappa shape index (κ2) is 7.18. The third kappa shape index (κ3) is 3.94. The lowest BCUT2D eigenvalue weighted by Gasteiger charge is -2.31. The van der Waals surface area contributed by atoms with Crippen LogP contribution in [0.2, 0.25) is 0 Å². The second-order valence-corrected chi connectivity index (χ2v) is 6.84. The Morgan fingerprint density at radius 3 is 2.65 bits per heavy atom. The fraction of sp³-hybridized carbons (Fsp3) is 0.526. The topological polar surface area (TPSA) is 72.4 Å². The Bertz CT molecular complexity index is 601. The van der Waals surface area contributed by atoms with Gasteiger partial charge < -0.3 is 11.5 Å². The molecule has 0 bridgehead atoms. The largest absolute Gasteiger partial charge is 0.398 e. The average Bonchev–Trinajstić information content (AvgIpc) is 2.56. The molecule has 0 saturated carbocycles. The van der Waals surface area contributed by atoms with Crippen molar-refractivity contribution in [2.24, 2.45) is 5.73 Å². The number of carbonyl (C=O) groups excluding carboxylic acids is 1. The highest BCUT2D eigenvalue weighted by atomic mass is 16.1. The van der Waals surface area contributed by atoms with Gasteiger partial charge in [-0.2, -0.15) is 0 Å². The van der Waals surface area contributed by atoms with E-state index in [4.69, 9.17) is 11.5 Å². The monoisotopic (exact) mass is 313 g/mol. The van der Waals surface area contributed by atoms with Gasteiger partial charge in [-0.25, -0.2) is 0 Å². The van der Waals surface area contributed by atoms with Gasteiger partial charge in [-0.3, -0.25) is 9.69 Å². The highest BCUT2D eigenvalue weighted by molar-refractivity contribution is 5.76. The first-order valence-electron chi connectivity index (χ1n) is 8.73. The van der Waals surface area contributed by atoms with Crippen LogP contribution in [0, 0.1) is 0 Å². The minimum Gasteiger partial charge on any atom is -0.398 e. The highest BCUT2D eigenvalue weighted by Crippen LogP contribution is 2.35. The van der Waals surface area contributed by atoms with E-state index in [0.29, 0.717) is 12.5 Å². The van der Waals surface area contributed by atoms with E-state index in [-0.39, 0.29) is 5.91 Å². The van der Waals surface area contributed by atoms with Gasteiger partial charge in [-0.15, -0.1) is 0 Å². The normalized spacial score (nSPS) is 20.3. The fourth-order valence-electron chi connectivity index (χ4n) is 3.83. The number of carbonyl (C=O) groups is 1. The van der Waals surface area contributed by atoms with Crippen LogP contribution >= 0.6 is 0 Å². The van der Waals surface area contributed by atoms with Crippen LogP contribution in [0.1, 0.15) is 55.6 Å². The van der Waals surface area contributed by atoms with Crippen molar-refractivity contribution < 1.29 is 4.79 Å². The molecule has 1 aromatic rings. The maximum atomic E-state index is 11.0. The molecule has 0 radical (unpaired) electrons. The molecule has 0 unspecified atom stereocenters. The Labute approximate surface area is 138 Å². The molecule has 2 aliphatic rings. The van der Waals surface area contributed by atoms with Gasteiger partial charge in [0.15, 0.2) is 0 Å². The van der Waals surface area contributed by atoms with Gasteiger partial charge in [0.05, 0.1) is 6.54 Å². The Morgan fingerprint density at radius 1 is 1.22 bits per heavy atom. The molecule has 124 valence electrons. The summed E-state index contributed by atoms with van der Waals surface area (Å²) in [6.07, 6.45) is 9.39. The van der Waals surface area contributed by atoms with Crippen LogP contribution in [0.4, 0.5) is 5.69 Å². The van der Waals surface area contributed by atoms with Crippen LogP contribution in [0.25, 0.3) is 5.57 Å². The molecule has 4 N–H and O–H groups in total. The summed E-state index contributed by atoms with van der Waals surface area (Å²) in [5.74, 6) is 0.324. The summed E-state index contributed by atoms with van der Waals surface area (Å²) < 4.78 is 0. The molecule has 0 aromatic heterocycles. The smallest absolute Gasteiger partial charge is 0.231 e. The summed E-state index contributed by atoms with van der Waals surface area (Å²) in [7, 11) is 0. The summed E-state index contributed by atoms with van der Waals surface area (Å²) >= 11 is 0. The average molecular weight is 313 g/mol. The van der Waals surface area contributed by atoms with Crippen LogP contribution in [-0.2, 0) is 4.79 Å². The predicted octanol–water partition coefficient (Wildman–Crippen LogP) is 2.89. The first kappa shape index (κ1) is 16.1. The van der Waals surface area contributed by atoms with Crippen molar-refractivity contribution in [2.45, 2.75) is 44.4 Å². The molecule has 1 aliphatic carbocycles. The molecule has 4 heteroatoms. The summed E-state index contributed by atoms with van der Waals surface area (Å²) in [5, 5.41) is 0. The predicted molar refractivity (Wildman–Crippen MR) is 94.9 cm³/mol. The minimum atomic E-state index is -0.234. The van der Waals surface area contributed by atoms with Gasteiger partial charge in [0.2, 0.25) is 5.91 Å². The zero-order chi connectivity index (χ0) is 16.2. The molecule has 1 aromatic carbocycles. The van der Waals surface area contributed by atoms with Gasteiger partial charge in [-0.05, 0) is 80.8 Å². The number of amides is 1. The number of piperidine rings is 1. The van der Waals surface area contributed by atoms with Gasteiger partial charge in [0, 0.05) is 11.3 Å². The van der Waals surface area contributed by atoms with E-state index in [1.807, 2.05) is 0 Å². The number of hydrogen-bond donors (Lipinski definition) is 2. The van der Waals surface area contributed by atoms with Gasteiger partial charge >= 0.3 is 0 Å². The first-order valence-corrected chi connectivity index (χ1v) is 8.73. The molecule has 23 heavy (non-hydrogen) atoms. The molecule has 0 spiro atoms. The number of nitrogen functional groups attached to an aromatic ring is 1. The van der Waals surface area contributed by atoms with Gasteiger partial charge in [-0.1, -0.05) is 12.1 Å². The number of allylic oxidation sites excluding steroid dienone is 2. The third-order valence-electron chi connectivity index (χ3n) is 5.15. The summed E-state index contributed by atoms with van der Waals surface area (Å²) in [6.45, 7) is 2.26. The minimum absolute atomic E-state index is 0.234. The van der Waals surface area contributed by atoms with Gasteiger partial charge in [0.25, 0.3) is 0 Å². The summed E-state index contributed by atoms with van der Waals surface area (Å²) in [5.41, 5.74) is 16.5. The fourth-order valence-corrected chi connectivity index (χ4v) is 3.83. The van der Waals surface area contributed by atoms with Crippen LogP contribution < -0.4 is 11.5 Å². The zero-order valence-corrected chi connectivity index (χ0v) is 13.8. The Kier molecular flexibility index (Phi) is 5.01. The quantitative estimate of drug-likeness (QED) is 0.840. The third-order valence-corrected chi connectivity index (χ3v) is 5.15. The van der Waals surface area contributed by atoms with Crippen molar-refractivity contribution in [3.8, 4) is 0 Å². The number of nitrogens with zero attached hydrogens (tertiary/aromatic N) is 1. The van der Waals surface area contributed by atoms with E-state index in [9.17, 15) is 4.79 Å². The first-order chi connectivity index (χ1) is 11.1. The Morgan fingerprint density at radius 2 is 2.00 bits per heavy atom. The SMILES string of the molecule is NC(=O)CN1CCC(c2ccc(N)c(C3=CCCCC3)c2)CC1. The van der Waals surface area contributed by atoms with E-state index < -0.39 is 0 Å². The number of rotatable bonds is 4. The van der Waals surface area contributed by atoms with Crippen molar-refractivity contribution in [3.05, 3.63) is 35.4 Å². The molecule has 1 amide bonds. The molecular weight excluding hydrogens is 286 g/mol. The number of anilines is 1. The summed E-state index contributed by atoms with van der Waals surface area (Å²) in [6, 6.07) is 6.55. The zero-order valence-electron chi connectivity index (χ0n) is 13.8. The van der Waals surface area contributed by atoms with E-state index in [0.717, 1.165) is 38.0 Å². The molecule has 0 atom stereocenters. The number of likely N-dealkylation sites (tertiary alicyclic amines) is 1. The number of nitrogens with two attached hydrogens (primary N) is 2. The molecule has 1 aliphatic heterocycles. The standard InChI is InChI=1S/C19H27N3O/c20-18-7-6-16(12-17(18)15-4-2-1-3-5-15)14-8-10-22(11-9-14)13-19(21)23/h4,6-7,12,14H,1-3,5,8-11,13,20H2,(H2,21,23). The number of benzene rings is 1. The van der Waals surface area contributed by atoms with Crippen LogP contribution in [0.3, 0.4) is 0 Å². The lowest BCUT2D eigenvalue weighted by Crippen LogP contribution is -2.39. The maximum Gasteiger partial charge on any atom is 0.231 e. The van der Waals surface area contributed by atoms with Crippen LogP contribution in [0.5, 0.6) is 0 Å². The van der Waals surface area contributed by atoms with E-state index in [1.165, 1.54) is 36.0 Å². The molecule has 1 heterocycles. The van der Waals surface area contributed by atoms with Crippen molar-refractivity contribution in [1.82, 2.24) is 4.90 Å². The van der Waals surface area contributed by atoms with E-state index in [2.05, 4.69) is 29.2 Å². The lowest BCUT2D eigenvalue weighted by atomic mass is 9.85. The van der Waals surface area contributed by atoms with Crippen molar-refractivity contribution >= 4 is 17.2 Å². The van der Waals surface area contributed by atoms with Gasteiger partial charge in [0.1, 0.15) is 0 Å². The number of primary amides is 1. The molecule has 1 saturated heterocycles. The highest BCUT2D eigenvalue weighted by Gasteiger charge is 2.22. The number of hydrogen-bond acceptors (Lipinski definition) is 3. The molecular formula is C19H27N3O. The maximum absolute atomic E-state index is 11.0. The Hall–Kier alpha value is -1.81. The van der Waals surface area contributed by atoms with Crippen LogP contribution in [-0.4, -0.2) is 30.4 Å². The lowest BCUT2D eigenvalue weighted by molar-refractivity contribution is -0.119.